The lowest BCUT2D eigenvalue weighted by molar-refractivity contribution is 0.597. The predicted molar refractivity (Wildman–Crippen MR) is 80.5 cm³/mol. The standard InChI is InChI=1S/C16H17BrFN/c17-16-9-7-14(18)10-13(16)11-15(19)8-6-12-4-2-1-3-5-12/h1-5,7,9-10,15H,6,8,11,19H2. The van der Waals surface area contributed by atoms with Crippen LogP contribution in [0.5, 0.6) is 0 Å². The molecule has 1 nitrogen and oxygen atoms in total. The van der Waals surface area contributed by atoms with Crippen LogP contribution in [0.4, 0.5) is 4.39 Å². The van der Waals surface area contributed by atoms with Crippen LogP contribution >= 0.6 is 15.9 Å². The number of hydrogen-bond acceptors (Lipinski definition) is 1. The first-order valence-corrected chi connectivity index (χ1v) is 7.18. The van der Waals surface area contributed by atoms with Crippen LogP contribution in [0.1, 0.15) is 17.5 Å². The molecule has 0 aliphatic carbocycles. The molecule has 0 saturated carbocycles. The summed E-state index contributed by atoms with van der Waals surface area (Å²) in [5, 5.41) is 0. The van der Waals surface area contributed by atoms with Gasteiger partial charge in [-0.3, -0.25) is 0 Å². The van der Waals surface area contributed by atoms with Crippen molar-refractivity contribution >= 4 is 15.9 Å². The van der Waals surface area contributed by atoms with Gasteiger partial charge in [-0.25, -0.2) is 4.39 Å². The minimum absolute atomic E-state index is 0.0401. The highest BCUT2D eigenvalue weighted by Gasteiger charge is 2.08. The van der Waals surface area contributed by atoms with Gasteiger partial charge in [0.05, 0.1) is 0 Å². The van der Waals surface area contributed by atoms with Crippen LogP contribution in [-0.2, 0) is 12.8 Å². The molecule has 19 heavy (non-hydrogen) atoms. The van der Waals surface area contributed by atoms with Gasteiger partial charge in [-0.05, 0) is 48.6 Å². The molecule has 100 valence electrons. The Morgan fingerprint density at radius 2 is 1.84 bits per heavy atom. The molecule has 0 fully saturated rings. The van der Waals surface area contributed by atoms with Gasteiger partial charge in [-0.15, -0.1) is 0 Å². The molecule has 1 atom stereocenters. The quantitative estimate of drug-likeness (QED) is 0.881. The number of hydrogen-bond donors (Lipinski definition) is 1. The highest BCUT2D eigenvalue weighted by Crippen LogP contribution is 2.20. The third-order valence-corrected chi connectivity index (χ3v) is 3.91. The van der Waals surface area contributed by atoms with Crippen LogP contribution in [0.2, 0.25) is 0 Å². The van der Waals surface area contributed by atoms with Gasteiger partial charge in [0.1, 0.15) is 5.82 Å². The monoisotopic (exact) mass is 321 g/mol. The predicted octanol–water partition coefficient (Wildman–Crippen LogP) is 4.09. The Kier molecular flexibility index (Phi) is 5.11. The minimum Gasteiger partial charge on any atom is -0.327 e. The van der Waals surface area contributed by atoms with Crippen molar-refractivity contribution in [2.24, 2.45) is 5.73 Å². The fraction of sp³-hybridized carbons (Fsp3) is 0.250. The van der Waals surface area contributed by atoms with E-state index in [-0.39, 0.29) is 11.9 Å². The highest BCUT2D eigenvalue weighted by atomic mass is 79.9. The molecule has 2 aromatic carbocycles. The summed E-state index contributed by atoms with van der Waals surface area (Å²) < 4.78 is 14.1. The van der Waals surface area contributed by atoms with Crippen LogP contribution in [-0.4, -0.2) is 6.04 Å². The molecule has 0 saturated heterocycles. The lowest BCUT2D eigenvalue weighted by atomic mass is 10.00. The summed E-state index contributed by atoms with van der Waals surface area (Å²) >= 11 is 3.43. The number of rotatable bonds is 5. The molecule has 0 aliphatic heterocycles. The third-order valence-electron chi connectivity index (χ3n) is 3.14. The summed E-state index contributed by atoms with van der Waals surface area (Å²) in [4.78, 5) is 0. The topological polar surface area (TPSA) is 26.0 Å². The maximum Gasteiger partial charge on any atom is 0.123 e. The number of benzene rings is 2. The summed E-state index contributed by atoms with van der Waals surface area (Å²) in [7, 11) is 0. The Hall–Kier alpha value is -1.19. The van der Waals surface area contributed by atoms with Crippen molar-refractivity contribution in [1.82, 2.24) is 0 Å². The maximum absolute atomic E-state index is 13.2. The van der Waals surface area contributed by atoms with Crippen molar-refractivity contribution in [2.75, 3.05) is 0 Å². The lowest BCUT2D eigenvalue weighted by Crippen LogP contribution is -2.23. The van der Waals surface area contributed by atoms with Gasteiger partial charge < -0.3 is 5.73 Å². The average molecular weight is 322 g/mol. The molecule has 1 unspecified atom stereocenters. The zero-order valence-electron chi connectivity index (χ0n) is 10.7. The van der Waals surface area contributed by atoms with Gasteiger partial charge in [0, 0.05) is 10.5 Å². The summed E-state index contributed by atoms with van der Waals surface area (Å²) in [6, 6.07) is 15.0. The maximum atomic E-state index is 13.2. The zero-order chi connectivity index (χ0) is 13.7. The fourth-order valence-corrected chi connectivity index (χ4v) is 2.49. The van der Waals surface area contributed by atoms with Crippen molar-refractivity contribution in [1.29, 1.82) is 0 Å². The van der Waals surface area contributed by atoms with E-state index in [4.69, 9.17) is 5.73 Å². The van der Waals surface area contributed by atoms with Crippen molar-refractivity contribution in [3.8, 4) is 0 Å². The number of halogens is 2. The molecule has 0 heterocycles. The summed E-state index contributed by atoms with van der Waals surface area (Å²) in [5.74, 6) is -0.214. The van der Waals surface area contributed by atoms with Crippen molar-refractivity contribution in [3.05, 3.63) is 69.9 Å². The van der Waals surface area contributed by atoms with Crippen molar-refractivity contribution < 1.29 is 4.39 Å². The van der Waals surface area contributed by atoms with Gasteiger partial charge >= 0.3 is 0 Å². The molecule has 2 rings (SSSR count). The molecule has 0 radical (unpaired) electrons. The third kappa shape index (κ3) is 4.44. The smallest absolute Gasteiger partial charge is 0.123 e. The molecular weight excluding hydrogens is 305 g/mol. The Balaban J connectivity index is 1.90. The normalized spacial score (nSPS) is 12.4. The Labute approximate surface area is 121 Å². The van der Waals surface area contributed by atoms with Crippen LogP contribution in [0, 0.1) is 5.82 Å². The molecule has 0 amide bonds. The first-order valence-electron chi connectivity index (χ1n) is 6.38. The molecule has 0 spiro atoms. The first kappa shape index (κ1) is 14.2. The van der Waals surface area contributed by atoms with Crippen molar-refractivity contribution in [2.45, 2.75) is 25.3 Å². The van der Waals surface area contributed by atoms with Gasteiger partial charge in [0.2, 0.25) is 0 Å². The van der Waals surface area contributed by atoms with Crippen LogP contribution in [0.25, 0.3) is 0 Å². The Bertz CT molecular complexity index is 528. The van der Waals surface area contributed by atoms with E-state index in [0.29, 0.717) is 6.42 Å². The molecule has 0 aliphatic rings. The molecule has 2 aromatic rings. The van der Waals surface area contributed by atoms with Crippen LogP contribution in [0.3, 0.4) is 0 Å². The summed E-state index contributed by atoms with van der Waals surface area (Å²) in [6.45, 7) is 0. The Morgan fingerprint density at radius 3 is 2.58 bits per heavy atom. The summed E-state index contributed by atoms with van der Waals surface area (Å²) in [6.07, 6.45) is 2.53. The SMILES string of the molecule is NC(CCc1ccccc1)Cc1cc(F)ccc1Br. The summed E-state index contributed by atoms with van der Waals surface area (Å²) in [5.41, 5.74) is 8.35. The second-order valence-corrected chi connectivity index (χ2v) is 5.58. The molecule has 3 heteroatoms. The van der Waals surface area contributed by atoms with E-state index in [1.807, 2.05) is 18.2 Å². The van der Waals surface area contributed by atoms with Gasteiger partial charge in [-0.1, -0.05) is 46.3 Å². The first-order chi connectivity index (χ1) is 9.15. The van der Waals surface area contributed by atoms with E-state index in [0.717, 1.165) is 22.9 Å². The van der Waals surface area contributed by atoms with E-state index in [1.54, 1.807) is 12.1 Å². The Morgan fingerprint density at radius 1 is 1.11 bits per heavy atom. The largest absolute Gasteiger partial charge is 0.327 e. The van der Waals surface area contributed by atoms with E-state index >= 15 is 0 Å². The van der Waals surface area contributed by atoms with E-state index in [2.05, 4.69) is 28.1 Å². The average Bonchev–Trinajstić information content (AvgIpc) is 2.42. The minimum atomic E-state index is -0.214. The second-order valence-electron chi connectivity index (χ2n) is 4.72. The highest BCUT2D eigenvalue weighted by molar-refractivity contribution is 9.10. The second kappa shape index (κ2) is 6.83. The van der Waals surface area contributed by atoms with Gasteiger partial charge in [0.25, 0.3) is 0 Å². The zero-order valence-corrected chi connectivity index (χ0v) is 12.2. The molecular formula is C16H17BrFN. The molecule has 0 aromatic heterocycles. The van der Waals surface area contributed by atoms with E-state index in [1.165, 1.54) is 11.6 Å². The number of aryl methyl sites for hydroxylation is 1. The van der Waals surface area contributed by atoms with Crippen molar-refractivity contribution in [3.63, 3.8) is 0 Å². The van der Waals surface area contributed by atoms with Gasteiger partial charge in [-0.2, -0.15) is 0 Å². The molecule has 0 bridgehead atoms. The molecule has 2 N–H and O–H groups in total. The van der Waals surface area contributed by atoms with E-state index in [9.17, 15) is 4.39 Å². The van der Waals surface area contributed by atoms with Crippen LogP contribution < -0.4 is 5.73 Å². The lowest BCUT2D eigenvalue weighted by Gasteiger charge is -2.13. The van der Waals surface area contributed by atoms with E-state index < -0.39 is 0 Å². The fourth-order valence-electron chi connectivity index (χ4n) is 2.08. The van der Waals surface area contributed by atoms with Crippen LogP contribution in [0.15, 0.2) is 53.0 Å². The van der Waals surface area contributed by atoms with Gasteiger partial charge in [0.15, 0.2) is 0 Å². The number of nitrogens with two attached hydrogens (primary N) is 1.